The summed E-state index contributed by atoms with van der Waals surface area (Å²) in [5.74, 6) is 0.711. The summed E-state index contributed by atoms with van der Waals surface area (Å²) in [6, 6.07) is 17.8. The van der Waals surface area contributed by atoms with Crippen LogP contribution in [-0.4, -0.2) is 42.1 Å². The van der Waals surface area contributed by atoms with Gasteiger partial charge < -0.3 is 20.4 Å². The van der Waals surface area contributed by atoms with Crippen LogP contribution in [-0.2, 0) is 4.79 Å². The van der Waals surface area contributed by atoms with Crippen molar-refractivity contribution < 1.29 is 4.79 Å². The fourth-order valence-corrected chi connectivity index (χ4v) is 3.83. The molecule has 0 spiro atoms. The molecular weight excluding hydrogens is 376 g/mol. The summed E-state index contributed by atoms with van der Waals surface area (Å²) >= 11 is 0. The van der Waals surface area contributed by atoms with Gasteiger partial charge in [-0.25, -0.2) is 9.97 Å². The molecule has 2 aromatic carbocycles. The fourth-order valence-electron chi connectivity index (χ4n) is 3.83. The van der Waals surface area contributed by atoms with E-state index in [9.17, 15) is 4.79 Å². The van der Waals surface area contributed by atoms with Crippen molar-refractivity contribution in [3.05, 3.63) is 78.8 Å². The molecule has 7 nitrogen and oxygen atoms in total. The molecule has 0 radical (unpaired) electrons. The van der Waals surface area contributed by atoms with Gasteiger partial charge in [0.25, 0.3) is 5.91 Å². The molecule has 0 bridgehead atoms. The first-order valence-corrected chi connectivity index (χ1v) is 10.0. The minimum absolute atomic E-state index is 0.0828. The Morgan fingerprint density at radius 3 is 2.33 bits per heavy atom. The second-order valence-electron chi connectivity index (χ2n) is 7.27. The van der Waals surface area contributed by atoms with Crippen LogP contribution < -0.4 is 20.4 Å². The van der Waals surface area contributed by atoms with Crippen LogP contribution >= 0.6 is 0 Å². The lowest BCUT2D eigenvalue weighted by Crippen LogP contribution is -2.47. The molecule has 0 aliphatic carbocycles. The van der Waals surface area contributed by atoms with Crippen molar-refractivity contribution in [1.82, 2.24) is 9.97 Å². The molecule has 0 unspecified atom stereocenters. The average molecular weight is 398 g/mol. The van der Waals surface area contributed by atoms with Gasteiger partial charge in [0.1, 0.15) is 0 Å². The highest BCUT2D eigenvalue weighted by atomic mass is 16.2. The first-order chi connectivity index (χ1) is 14.8. The largest absolute Gasteiger partial charge is 0.368 e. The molecule has 3 aromatic rings. The van der Waals surface area contributed by atoms with E-state index in [2.05, 4.69) is 42.5 Å². The molecule has 2 aliphatic rings. The van der Waals surface area contributed by atoms with Gasteiger partial charge in [-0.3, -0.25) is 4.79 Å². The topological polar surface area (TPSA) is 73.4 Å². The second kappa shape index (κ2) is 7.87. The second-order valence-corrected chi connectivity index (χ2v) is 7.27. The fraction of sp³-hybridized carbons (Fsp3) is 0.174. The number of fused-ring (bicyclic) bond motifs is 1. The number of benzene rings is 2. The zero-order valence-corrected chi connectivity index (χ0v) is 16.5. The van der Waals surface area contributed by atoms with Crippen molar-refractivity contribution in [2.45, 2.75) is 0 Å². The summed E-state index contributed by atoms with van der Waals surface area (Å²) in [6.45, 7) is 3.63. The van der Waals surface area contributed by atoms with Gasteiger partial charge in [0.05, 0.1) is 5.57 Å². The van der Waals surface area contributed by atoms with Crippen molar-refractivity contribution in [2.75, 3.05) is 46.6 Å². The summed E-state index contributed by atoms with van der Waals surface area (Å²) in [5, 5.41) is 6.13. The predicted molar refractivity (Wildman–Crippen MR) is 120 cm³/mol. The molecule has 1 amide bonds. The number of nitrogens with one attached hydrogen (secondary N) is 2. The molecule has 2 aliphatic heterocycles. The SMILES string of the molecule is O=C1Nc2ccccc2C1=CNc1ccc(N2CCN(c3ncccn3)CC2)cc1. The van der Waals surface area contributed by atoms with Crippen LogP contribution in [0.25, 0.3) is 5.57 Å². The van der Waals surface area contributed by atoms with Crippen molar-refractivity contribution in [3.8, 4) is 0 Å². The third-order valence-electron chi connectivity index (χ3n) is 5.44. The third-order valence-corrected chi connectivity index (χ3v) is 5.44. The lowest BCUT2D eigenvalue weighted by Gasteiger charge is -2.36. The van der Waals surface area contributed by atoms with E-state index < -0.39 is 0 Å². The van der Waals surface area contributed by atoms with Gasteiger partial charge >= 0.3 is 0 Å². The summed E-state index contributed by atoms with van der Waals surface area (Å²) in [7, 11) is 0. The van der Waals surface area contributed by atoms with E-state index in [-0.39, 0.29) is 5.91 Å². The molecule has 0 atom stereocenters. The Bertz CT molecular complexity index is 1070. The normalized spacial score (nSPS) is 17.1. The third kappa shape index (κ3) is 3.57. The van der Waals surface area contributed by atoms with Gasteiger partial charge in [-0.2, -0.15) is 0 Å². The Morgan fingerprint density at radius 2 is 1.57 bits per heavy atom. The molecular formula is C23H22N6O. The summed E-state index contributed by atoms with van der Waals surface area (Å²) in [4.78, 5) is 25.5. The lowest BCUT2D eigenvalue weighted by atomic mass is 10.1. The van der Waals surface area contributed by atoms with Crippen LogP contribution in [0.5, 0.6) is 0 Å². The van der Waals surface area contributed by atoms with E-state index in [4.69, 9.17) is 0 Å². The zero-order valence-electron chi connectivity index (χ0n) is 16.5. The highest BCUT2D eigenvalue weighted by Crippen LogP contribution is 2.31. The number of hydrogen-bond acceptors (Lipinski definition) is 6. The highest BCUT2D eigenvalue weighted by molar-refractivity contribution is 6.31. The van der Waals surface area contributed by atoms with Crippen LogP contribution in [0.1, 0.15) is 5.56 Å². The number of rotatable bonds is 4. The lowest BCUT2D eigenvalue weighted by molar-refractivity contribution is -0.110. The van der Waals surface area contributed by atoms with Crippen molar-refractivity contribution >= 4 is 34.5 Å². The first-order valence-electron chi connectivity index (χ1n) is 10.0. The number of carbonyl (C=O) groups excluding carboxylic acids is 1. The van der Waals surface area contributed by atoms with Gasteiger partial charge in [0.15, 0.2) is 0 Å². The van der Waals surface area contributed by atoms with E-state index in [1.165, 1.54) is 5.69 Å². The van der Waals surface area contributed by atoms with E-state index >= 15 is 0 Å². The van der Waals surface area contributed by atoms with E-state index in [1.807, 2.05) is 42.5 Å². The number of amides is 1. The maximum absolute atomic E-state index is 12.2. The van der Waals surface area contributed by atoms with Gasteiger partial charge in [0, 0.05) is 67.4 Å². The van der Waals surface area contributed by atoms with Crippen LogP contribution in [0.2, 0.25) is 0 Å². The molecule has 5 rings (SSSR count). The summed E-state index contributed by atoms with van der Waals surface area (Å²) in [6.07, 6.45) is 5.34. The molecule has 1 fully saturated rings. The number of anilines is 4. The monoisotopic (exact) mass is 398 g/mol. The number of nitrogens with zero attached hydrogens (tertiary/aromatic N) is 4. The van der Waals surface area contributed by atoms with Gasteiger partial charge in [-0.05, 0) is 36.4 Å². The Balaban J connectivity index is 1.22. The zero-order chi connectivity index (χ0) is 20.3. The van der Waals surface area contributed by atoms with E-state index in [0.717, 1.165) is 49.1 Å². The minimum Gasteiger partial charge on any atom is -0.368 e. The number of aromatic nitrogens is 2. The molecule has 2 N–H and O–H groups in total. The van der Waals surface area contributed by atoms with Crippen LogP contribution in [0.15, 0.2) is 73.2 Å². The molecule has 0 saturated carbocycles. The standard InChI is InChI=1S/C23H22N6O/c30-22-20(19-4-1-2-5-21(19)27-22)16-26-17-6-8-18(9-7-17)28-12-14-29(15-13-28)23-24-10-3-11-25-23/h1-11,16,26H,12-15H2,(H,27,30). The summed E-state index contributed by atoms with van der Waals surface area (Å²) in [5.41, 5.74) is 4.55. The molecule has 1 saturated heterocycles. The average Bonchev–Trinajstić information content (AvgIpc) is 3.13. The van der Waals surface area contributed by atoms with Crippen LogP contribution in [0.4, 0.5) is 23.0 Å². The molecule has 1 aromatic heterocycles. The number of carbonyl (C=O) groups is 1. The van der Waals surface area contributed by atoms with Crippen LogP contribution in [0, 0.1) is 0 Å². The minimum atomic E-state index is -0.0828. The molecule has 150 valence electrons. The highest BCUT2D eigenvalue weighted by Gasteiger charge is 2.23. The van der Waals surface area contributed by atoms with Gasteiger partial charge in [-0.1, -0.05) is 18.2 Å². The molecule has 30 heavy (non-hydrogen) atoms. The molecule has 7 heteroatoms. The van der Waals surface area contributed by atoms with Gasteiger partial charge in [-0.15, -0.1) is 0 Å². The van der Waals surface area contributed by atoms with Gasteiger partial charge in [0.2, 0.25) is 5.95 Å². The number of para-hydroxylation sites is 1. The predicted octanol–water partition coefficient (Wildman–Crippen LogP) is 3.21. The first kappa shape index (κ1) is 18.2. The van der Waals surface area contributed by atoms with E-state index in [0.29, 0.717) is 5.57 Å². The van der Waals surface area contributed by atoms with Crippen molar-refractivity contribution in [1.29, 1.82) is 0 Å². The molecule has 3 heterocycles. The quantitative estimate of drug-likeness (QED) is 0.658. The number of piperazine rings is 1. The number of hydrogen-bond donors (Lipinski definition) is 2. The Hall–Kier alpha value is -3.87. The Labute approximate surface area is 175 Å². The van der Waals surface area contributed by atoms with E-state index in [1.54, 1.807) is 18.6 Å². The van der Waals surface area contributed by atoms with Crippen molar-refractivity contribution in [3.63, 3.8) is 0 Å². The maximum Gasteiger partial charge on any atom is 0.257 e. The van der Waals surface area contributed by atoms with Crippen LogP contribution in [0.3, 0.4) is 0 Å². The Morgan fingerprint density at radius 1 is 0.867 bits per heavy atom. The maximum atomic E-state index is 12.2. The van der Waals surface area contributed by atoms with Crippen molar-refractivity contribution in [2.24, 2.45) is 0 Å². The Kier molecular flexibility index (Phi) is 4.77. The smallest absolute Gasteiger partial charge is 0.257 e. The summed E-state index contributed by atoms with van der Waals surface area (Å²) < 4.78 is 0.